The minimum atomic E-state index is -5.22. The van der Waals surface area contributed by atoms with E-state index in [9.17, 15) is 39.6 Å². The maximum Gasteiger partial charge on any atom is 0.416 e. The standard InChI is InChI=1S/C18H15F6NO4S/c1-29-16(26)15(7-11-5-3-2-4-6-11)25-30(27,28)14-9-12(17(19,20)21)8-13(10-14)18(22,23)24/h2-6,8-10,15,25H,7H2,1H3. The Labute approximate surface area is 167 Å². The van der Waals surface area contributed by atoms with Crippen molar-refractivity contribution in [2.75, 3.05) is 7.11 Å². The summed E-state index contributed by atoms with van der Waals surface area (Å²) < 4.78 is 109. The molecule has 0 aliphatic carbocycles. The van der Waals surface area contributed by atoms with E-state index in [2.05, 4.69) is 4.74 Å². The molecule has 0 radical (unpaired) electrons. The smallest absolute Gasteiger partial charge is 0.416 e. The van der Waals surface area contributed by atoms with E-state index in [1.54, 1.807) is 30.3 Å². The highest BCUT2D eigenvalue weighted by Crippen LogP contribution is 2.37. The Hall–Kier alpha value is -2.60. The average Bonchev–Trinajstić information content (AvgIpc) is 2.65. The highest BCUT2D eigenvalue weighted by Gasteiger charge is 2.39. The largest absolute Gasteiger partial charge is 0.468 e. The van der Waals surface area contributed by atoms with Crippen molar-refractivity contribution in [3.8, 4) is 0 Å². The van der Waals surface area contributed by atoms with Gasteiger partial charge in [-0.3, -0.25) is 4.79 Å². The molecule has 0 heterocycles. The van der Waals surface area contributed by atoms with Crippen LogP contribution in [0.3, 0.4) is 0 Å². The predicted octanol–water partition coefficient (Wildman–Crippen LogP) is 3.79. The Morgan fingerprint density at radius 3 is 1.90 bits per heavy atom. The molecule has 0 fully saturated rings. The van der Waals surface area contributed by atoms with Crippen LogP contribution in [0.2, 0.25) is 0 Å². The number of halogens is 6. The van der Waals surface area contributed by atoms with E-state index < -0.39 is 50.4 Å². The average molecular weight is 455 g/mol. The Balaban J connectivity index is 2.48. The van der Waals surface area contributed by atoms with E-state index in [1.165, 1.54) is 0 Å². The summed E-state index contributed by atoms with van der Waals surface area (Å²) in [5, 5.41) is 0. The lowest BCUT2D eigenvalue weighted by Crippen LogP contribution is -2.43. The Morgan fingerprint density at radius 2 is 1.47 bits per heavy atom. The lowest BCUT2D eigenvalue weighted by atomic mass is 10.1. The maximum absolute atomic E-state index is 13.0. The van der Waals surface area contributed by atoms with Crippen LogP contribution in [0.4, 0.5) is 26.3 Å². The van der Waals surface area contributed by atoms with Gasteiger partial charge < -0.3 is 4.74 Å². The highest BCUT2D eigenvalue weighted by atomic mass is 32.2. The first-order chi connectivity index (χ1) is 13.7. The Morgan fingerprint density at radius 1 is 0.967 bits per heavy atom. The third-order valence-electron chi connectivity index (χ3n) is 3.94. The maximum atomic E-state index is 13.0. The van der Waals surface area contributed by atoms with Gasteiger partial charge in [0.05, 0.1) is 23.1 Å². The fraction of sp³-hybridized carbons (Fsp3) is 0.278. The van der Waals surface area contributed by atoms with Crippen LogP contribution in [-0.4, -0.2) is 27.5 Å². The first-order valence-electron chi connectivity index (χ1n) is 8.17. The summed E-state index contributed by atoms with van der Waals surface area (Å²) in [5.41, 5.74) is -3.11. The van der Waals surface area contributed by atoms with Gasteiger partial charge in [0.25, 0.3) is 0 Å². The van der Waals surface area contributed by atoms with Crippen molar-refractivity contribution >= 4 is 16.0 Å². The second-order valence-electron chi connectivity index (χ2n) is 6.13. The van der Waals surface area contributed by atoms with Crippen LogP contribution in [0.1, 0.15) is 16.7 Å². The number of sulfonamides is 1. The van der Waals surface area contributed by atoms with Gasteiger partial charge in [0.15, 0.2) is 0 Å². The molecule has 164 valence electrons. The molecule has 0 saturated carbocycles. The van der Waals surface area contributed by atoms with Gasteiger partial charge in [-0.25, -0.2) is 8.42 Å². The number of esters is 1. The third kappa shape index (κ3) is 5.95. The van der Waals surface area contributed by atoms with Gasteiger partial charge in [0.1, 0.15) is 6.04 Å². The summed E-state index contributed by atoms with van der Waals surface area (Å²) in [7, 11) is -3.99. The van der Waals surface area contributed by atoms with E-state index in [-0.39, 0.29) is 24.6 Å². The molecule has 2 rings (SSSR count). The SMILES string of the molecule is COC(=O)C(Cc1ccccc1)NS(=O)(=O)c1cc(C(F)(F)F)cc(C(F)(F)F)c1. The fourth-order valence-corrected chi connectivity index (χ4v) is 3.76. The van der Waals surface area contributed by atoms with Gasteiger partial charge in [-0.05, 0) is 30.2 Å². The molecule has 2 aromatic rings. The molecule has 0 aromatic heterocycles. The molecule has 1 atom stereocenters. The van der Waals surface area contributed by atoms with Gasteiger partial charge in [-0.2, -0.15) is 31.1 Å². The van der Waals surface area contributed by atoms with Crippen LogP contribution < -0.4 is 4.72 Å². The summed E-state index contributed by atoms with van der Waals surface area (Å²) in [6.45, 7) is 0. The van der Waals surface area contributed by atoms with Crippen molar-refractivity contribution in [3.63, 3.8) is 0 Å². The molecule has 30 heavy (non-hydrogen) atoms. The summed E-state index contributed by atoms with van der Waals surface area (Å²) in [6, 6.07) is 6.31. The fourth-order valence-electron chi connectivity index (χ4n) is 2.50. The van der Waals surface area contributed by atoms with Crippen molar-refractivity contribution in [3.05, 3.63) is 65.2 Å². The number of rotatable bonds is 6. The zero-order chi connectivity index (χ0) is 22.7. The molecule has 0 saturated heterocycles. The molecule has 2 aromatic carbocycles. The number of ether oxygens (including phenoxy) is 1. The molecule has 0 aliphatic rings. The molecule has 1 N–H and O–H groups in total. The highest BCUT2D eigenvalue weighted by molar-refractivity contribution is 7.89. The second kappa shape index (κ2) is 8.64. The quantitative estimate of drug-likeness (QED) is 0.532. The number of benzene rings is 2. The number of nitrogens with one attached hydrogen (secondary N) is 1. The van der Waals surface area contributed by atoms with E-state index in [0.29, 0.717) is 5.56 Å². The van der Waals surface area contributed by atoms with Gasteiger partial charge in [-0.1, -0.05) is 30.3 Å². The second-order valence-corrected chi connectivity index (χ2v) is 7.84. The topological polar surface area (TPSA) is 72.5 Å². The van der Waals surface area contributed by atoms with Crippen molar-refractivity contribution in [2.24, 2.45) is 0 Å². The van der Waals surface area contributed by atoms with E-state index in [4.69, 9.17) is 0 Å². The van der Waals surface area contributed by atoms with Gasteiger partial charge in [0, 0.05) is 0 Å². The van der Waals surface area contributed by atoms with Crippen LogP contribution in [0.5, 0.6) is 0 Å². The first-order valence-corrected chi connectivity index (χ1v) is 9.66. The van der Waals surface area contributed by atoms with Crippen LogP contribution in [0.15, 0.2) is 53.4 Å². The summed E-state index contributed by atoms with van der Waals surface area (Å²) in [6.07, 6.45) is -10.7. The normalized spacial score (nSPS) is 13.7. The molecule has 0 amide bonds. The number of alkyl halides is 6. The summed E-state index contributed by atoms with van der Waals surface area (Å²) >= 11 is 0. The van der Waals surface area contributed by atoms with Crippen LogP contribution in [-0.2, 0) is 38.3 Å². The van der Waals surface area contributed by atoms with Crippen molar-refractivity contribution < 1.29 is 44.3 Å². The summed E-state index contributed by atoms with van der Waals surface area (Å²) in [5.74, 6) is -1.06. The van der Waals surface area contributed by atoms with Crippen molar-refractivity contribution in [1.82, 2.24) is 4.72 Å². The monoisotopic (exact) mass is 455 g/mol. The molecule has 5 nitrogen and oxygen atoms in total. The minimum absolute atomic E-state index is 0.0639. The molecule has 0 aliphatic heterocycles. The number of carbonyl (C=O) groups excluding carboxylic acids is 1. The zero-order valence-corrected chi connectivity index (χ0v) is 16.0. The summed E-state index contributed by atoms with van der Waals surface area (Å²) in [4.78, 5) is 10.7. The predicted molar refractivity (Wildman–Crippen MR) is 92.7 cm³/mol. The van der Waals surface area contributed by atoms with E-state index >= 15 is 0 Å². The lowest BCUT2D eigenvalue weighted by Gasteiger charge is -2.18. The number of hydrogen-bond donors (Lipinski definition) is 1. The molecule has 0 bridgehead atoms. The number of carbonyl (C=O) groups is 1. The molecular formula is C18H15F6NO4S. The van der Waals surface area contributed by atoms with Gasteiger partial charge >= 0.3 is 18.3 Å². The van der Waals surface area contributed by atoms with E-state index in [0.717, 1.165) is 7.11 Å². The third-order valence-corrected chi connectivity index (χ3v) is 5.39. The van der Waals surface area contributed by atoms with Gasteiger partial charge in [0.2, 0.25) is 10.0 Å². The first kappa shape index (κ1) is 23.7. The Bertz CT molecular complexity index is 971. The molecule has 1 unspecified atom stereocenters. The molecular weight excluding hydrogens is 440 g/mol. The van der Waals surface area contributed by atoms with Crippen molar-refractivity contribution in [2.45, 2.75) is 29.7 Å². The van der Waals surface area contributed by atoms with Crippen LogP contribution >= 0.6 is 0 Å². The van der Waals surface area contributed by atoms with Gasteiger partial charge in [-0.15, -0.1) is 0 Å². The zero-order valence-electron chi connectivity index (χ0n) is 15.2. The lowest BCUT2D eigenvalue weighted by molar-refractivity contribution is -0.144. The van der Waals surface area contributed by atoms with E-state index in [1.807, 2.05) is 4.72 Å². The Kier molecular flexibility index (Phi) is 6.82. The minimum Gasteiger partial charge on any atom is -0.468 e. The van der Waals surface area contributed by atoms with Crippen molar-refractivity contribution in [1.29, 1.82) is 0 Å². The number of hydrogen-bond acceptors (Lipinski definition) is 4. The van der Waals surface area contributed by atoms with Crippen LogP contribution in [0, 0.1) is 0 Å². The molecule has 0 spiro atoms. The number of methoxy groups -OCH3 is 1. The molecule has 12 heteroatoms. The van der Waals surface area contributed by atoms with Crippen LogP contribution in [0.25, 0.3) is 0 Å².